The van der Waals surface area contributed by atoms with Crippen LogP contribution < -0.4 is 5.32 Å². The monoisotopic (exact) mass is 257 g/mol. The first-order valence-corrected chi connectivity index (χ1v) is 6.76. The van der Waals surface area contributed by atoms with Gasteiger partial charge < -0.3 is 5.32 Å². The molecule has 0 aromatic heterocycles. The van der Waals surface area contributed by atoms with Crippen LogP contribution in [-0.2, 0) is 0 Å². The number of hydrogen-bond acceptors (Lipinski definition) is 1. The van der Waals surface area contributed by atoms with Crippen LogP contribution in [0.15, 0.2) is 24.4 Å². The van der Waals surface area contributed by atoms with Gasteiger partial charge >= 0.3 is 0 Å². The molecule has 0 radical (unpaired) electrons. The predicted octanol–water partition coefficient (Wildman–Crippen LogP) is 4.52. The zero-order valence-electron chi connectivity index (χ0n) is 11.6. The van der Waals surface area contributed by atoms with Crippen LogP contribution in [0.25, 0.3) is 0 Å². The summed E-state index contributed by atoms with van der Waals surface area (Å²) in [6, 6.07) is 0. The Morgan fingerprint density at radius 2 is 2.11 bits per heavy atom. The Hall–Kier alpha value is -0.860. The van der Waals surface area contributed by atoms with Gasteiger partial charge in [0.2, 0.25) is 0 Å². The van der Waals surface area contributed by atoms with Crippen molar-refractivity contribution in [3.8, 4) is 0 Å². The van der Waals surface area contributed by atoms with E-state index in [-0.39, 0.29) is 5.70 Å². The third kappa shape index (κ3) is 5.19. The quantitative estimate of drug-likeness (QED) is 0.545. The zero-order chi connectivity index (χ0) is 13.8. The first kappa shape index (κ1) is 15.2. The first-order chi connectivity index (χ1) is 8.29. The van der Waals surface area contributed by atoms with E-state index in [2.05, 4.69) is 25.4 Å². The molecule has 1 saturated carbocycles. The number of halogens is 2. The van der Waals surface area contributed by atoms with Crippen molar-refractivity contribution in [1.82, 2.24) is 5.32 Å². The van der Waals surface area contributed by atoms with Gasteiger partial charge in [-0.05, 0) is 43.9 Å². The number of nitrogens with one attached hydrogen (secondary N) is 1. The van der Waals surface area contributed by atoms with E-state index in [1.807, 2.05) is 0 Å². The van der Waals surface area contributed by atoms with Gasteiger partial charge in [0.1, 0.15) is 0 Å². The highest BCUT2D eigenvalue weighted by Gasteiger charge is 2.25. The molecule has 0 aliphatic heterocycles. The van der Waals surface area contributed by atoms with Crippen LogP contribution in [0.2, 0.25) is 0 Å². The lowest BCUT2D eigenvalue weighted by atomic mass is 9.78. The van der Waals surface area contributed by atoms with E-state index >= 15 is 0 Å². The van der Waals surface area contributed by atoms with Crippen molar-refractivity contribution < 1.29 is 8.78 Å². The average molecular weight is 257 g/mol. The van der Waals surface area contributed by atoms with Gasteiger partial charge in [-0.1, -0.05) is 25.7 Å². The Balaban J connectivity index is 2.18. The van der Waals surface area contributed by atoms with Gasteiger partial charge in [0.15, 0.2) is 0 Å². The highest BCUT2D eigenvalue weighted by Crippen LogP contribution is 2.34. The number of alkyl halides is 2. The second-order valence-electron chi connectivity index (χ2n) is 5.80. The molecule has 2 atom stereocenters. The maximum Gasteiger partial charge on any atom is 0.283 e. The summed E-state index contributed by atoms with van der Waals surface area (Å²) in [5.41, 5.74) is 1.17. The molecule has 1 aliphatic carbocycles. The first-order valence-electron chi connectivity index (χ1n) is 6.76. The topological polar surface area (TPSA) is 12.0 Å². The van der Waals surface area contributed by atoms with Gasteiger partial charge in [0.25, 0.3) is 5.92 Å². The third-order valence-electron chi connectivity index (χ3n) is 3.61. The van der Waals surface area contributed by atoms with Crippen LogP contribution in [0, 0.1) is 11.8 Å². The van der Waals surface area contributed by atoms with Crippen LogP contribution in [0.1, 0.15) is 46.0 Å². The van der Waals surface area contributed by atoms with Crippen molar-refractivity contribution in [2.45, 2.75) is 51.9 Å². The van der Waals surface area contributed by atoms with Gasteiger partial charge in [-0.2, -0.15) is 0 Å². The van der Waals surface area contributed by atoms with Gasteiger partial charge in [0, 0.05) is 13.5 Å². The van der Waals surface area contributed by atoms with Crippen LogP contribution >= 0.6 is 0 Å². The molecule has 0 saturated heterocycles. The summed E-state index contributed by atoms with van der Waals surface area (Å²) in [6.07, 6.45) is 5.49. The Morgan fingerprint density at radius 1 is 1.44 bits per heavy atom. The summed E-state index contributed by atoms with van der Waals surface area (Å²) < 4.78 is 25.7. The Labute approximate surface area is 109 Å². The van der Waals surface area contributed by atoms with E-state index < -0.39 is 5.92 Å². The van der Waals surface area contributed by atoms with Crippen molar-refractivity contribution in [1.29, 1.82) is 0 Å². The number of allylic oxidation sites excluding steroid dienone is 2. The van der Waals surface area contributed by atoms with E-state index in [9.17, 15) is 8.78 Å². The van der Waals surface area contributed by atoms with Crippen molar-refractivity contribution in [2.75, 3.05) is 6.54 Å². The molecule has 0 aromatic carbocycles. The van der Waals surface area contributed by atoms with Crippen LogP contribution in [-0.4, -0.2) is 12.5 Å². The molecule has 0 heterocycles. The Morgan fingerprint density at radius 3 is 2.67 bits per heavy atom. The zero-order valence-corrected chi connectivity index (χ0v) is 11.6. The molecule has 0 aromatic rings. The molecule has 18 heavy (non-hydrogen) atoms. The van der Waals surface area contributed by atoms with Crippen LogP contribution in [0.5, 0.6) is 0 Å². The lowest BCUT2D eigenvalue weighted by Crippen LogP contribution is -2.27. The highest BCUT2D eigenvalue weighted by atomic mass is 19.3. The third-order valence-corrected chi connectivity index (χ3v) is 3.61. The summed E-state index contributed by atoms with van der Waals surface area (Å²) in [5, 5.41) is 2.72. The van der Waals surface area contributed by atoms with Gasteiger partial charge in [-0.3, -0.25) is 0 Å². The van der Waals surface area contributed by atoms with Gasteiger partial charge in [-0.15, -0.1) is 0 Å². The summed E-state index contributed by atoms with van der Waals surface area (Å²) in [6.45, 7) is 11.1. The van der Waals surface area contributed by atoms with E-state index in [0.29, 0.717) is 12.5 Å². The van der Waals surface area contributed by atoms with Crippen LogP contribution in [0.4, 0.5) is 8.78 Å². The maximum atomic E-state index is 12.8. The number of hydrogen-bond donors (Lipinski definition) is 1. The molecule has 104 valence electrons. The van der Waals surface area contributed by atoms with Crippen molar-refractivity contribution in [3.05, 3.63) is 24.4 Å². The SMILES string of the molecule is C=C1CC(C)CC(CCCNC(=C)C(C)(F)F)C1. The minimum absolute atomic E-state index is 0.177. The molecular formula is C15H25F2N. The predicted molar refractivity (Wildman–Crippen MR) is 72.6 cm³/mol. The molecule has 0 amide bonds. The Bertz CT molecular complexity index is 304. The fraction of sp³-hybridized carbons (Fsp3) is 0.733. The lowest BCUT2D eigenvalue weighted by Gasteiger charge is -2.28. The molecule has 3 heteroatoms. The molecule has 1 aliphatic rings. The van der Waals surface area contributed by atoms with Crippen molar-refractivity contribution in [3.63, 3.8) is 0 Å². The fourth-order valence-corrected chi connectivity index (χ4v) is 2.73. The normalized spacial score (nSPS) is 25.0. The molecule has 2 unspecified atom stereocenters. The maximum absolute atomic E-state index is 12.8. The Kier molecular flexibility index (Phi) is 5.36. The smallest absolute Gasteiger partial charge is 0.283 e. The average Bonchev–Trinajstić information content (AvgIpc) is 2.21. The standard InChI is InChI=1S/C15H25F2N/c1-11-8-12(2)10-14(9-11)6-5-7-18-13(3)15(4,16)17/h12,14,18H,1,3,5-10H2,2,4H3. The second kappa shape index (κ2) is 6.35. The minimum atomic E-state index is -2.83. The largest absolute Gasteiger partial charge is 0.384 e. The molecular weight excluding hydrogens is 232 g/mol. The van der Waals surface area contributed by atoms with Gasteiger partial charge in [0.05, 0.1) is 5.70 Å². The van der Waals surface area contributed by atoms with Crippen molar-refractivity contribution in [2.24, 2.45) is 11.8 Å². The minimum Gasteiger partial charge on any atom is -0.384 e. The second-order valence-corrected chi connectivity index (χ2v) is 5.80. The van der Waals surface area contributed by atoms with Crippen molar-refractivity contribution >= 4 is 0 Å². The van der Waals surface area contributed by atoms with Crippen LogP contribution in [0.3, 0.4) is 0 Å². The number of rotatable bonds is 6. The summed E-state index contributed by atoms with van der Waals surface area (Å²) in [7, 11) is 0. The molecule has 0 spiro atoms. The summed E-state index contributed by atoms with van der Waals surface area (Å²) in [4.78, 5) is 0. The molecule has 1 nitrogen and oxygen atoms in total. The van der Waals surface area contributed by atoms with E-state index in [0.717, 1.165) is 38.5 Å². The van der Waals surface area contributed by atoms with E-state index in [1.54, 1.807) is 0 Å². The molecule has 1 N–H and O–H groups in total. The summed E-state index contributed by atoms with van der Waals surface area (Å²) in [5.74, 6) is -1.43. The van der Waals surface area contributed by atoms with E-state index in [1.165, 1.54) is 12.0 Å². The molecule has 1 rings (SSSR count). The summed E-state index contributed by atoms with van der Waals surface area (Å²) >= 11 is 0. The van der Waals surface area contributed by atoms with E-state index in [4.69, 9.17) is 0 Å². The molecule has 1 fully saturated rings. The lowest BCUT2D eigenvalue weighted by molar-refractivity contribution is 0.0561. The fourth-order valence-electron chi connectivity index (χ4n) is 2.73. The highest BCUT2D eigenvalue weighted by molar-refractivity contribution is 5.03. The van der Waals surface area contributed by atoms with Gasteiger partial charge in [-0.25, -0.2) is 8.78 Å². The molecule has 0 bridgehead atoms.